The van der Waals surface area contributed by atoms with Crippen molar-refractivity contribution in [2.24, 2.45) is 0 Å². The van der Waals surface area contributed by atoms with Gasteiger partial charge in [-0.1, -0.05) is 11.2 Å². The predicted molar refractivity (Wildman–Crippen MR) is 99.0 cm³/mol. The van der Waals surface area contributed by atoms with Crippen molar-refractivity contribution in [3.05, 3.63) is 29.9 Å². The summed E-state index contributed by atoms with van der Waals surface area (Å²) < 4.78 is 51.8. The first-order chi connectivity index (χ1) is 13.6. The van der Waals surface area contributed by atoms with Crippen LogP contribution in [0.15, 0.2) is 27.6 Å². The Kier molecular flexibility index (Phi) is 5.64. The van der Waals surface area contributed by atoms with Crippen molar-refractivity contribution < 1.29 is 22.4 Å². The number of rotatable bonds is 7. The van der Waals surface area contributed by atoms with Crippen molar-refractivity contribution in [2.75, 3.05) is 20.2 Å². The molecule has 4 rings (SSSR count). The van der Waals surface area contributed by atoms with Gasteiger partial charge in [0.05, 0.1) is 17.8 Å². The van der Waals surface area contributed by atoms with Crippen LogP contribution in [0.3, 0.4) is 0 Å². The molecule has 1 fully saturated rings. The second kappa shape index (κ2) is 8.17. The van der Waals surface area contributed by atoms with E-state index in [1.807, 2.05) is 0 Å². The molecular formula is C16H19N5O5S2. The summed E-state index contributed by atoms with van der Waals surface area (Å²) >= 11 is 1.00. The van der Waals surface area contributed by atoms with E-state index in [4.69, 9.17) is 14.0 Å². The van der Waals surface area contributed by atoms with Crippen molar-refractivity contribution in [2.45, 2.75) is 37.1 Å². The molecule has 1 aromatic carbocycles. The summed E-state index contributed by atoms with van der Waals surface area (Å²) in [4.78, 5) is 4.34. The number of ether oxygens (including phenoxy) is 2. The number of sulfonamides is 1. The fraction of sp³-hybridized carbons (Fsp3) is 0.500. The predicted octanol–water partition coefficient (Wildman–Crippen LogP) is 1.59. The van der Waals surface area contributed by atoms with Gasteiger partial charge in [0.15, 0.2) is 5.82 Å². The van der Waals surface area contributed by atoms with Gasteiger partial charge in [-0.25, -0.2) is 8.42 Å². The van der Waals surface area contributed by atoms with Gasteiger partial charge in [-0.2, -0.15) is 18.0 Å². The van der Waals surface area contributed by atoms with Crippen LogP contribution in [-0.4, -0.2) is 57.9 Å². The Balaban J connectivity index is 1.44. The summed E-state index contributed by atoms with van der Waals surface area (Å²) in [6.07, 6.45) is 1.22. The van der Waals surface area contributed by atoms with Crippen LogP contribution in [0, 0.1) is 0 Å². The molecule has 12 heteroatoms. The fourth-order valence-corrected chi connectivity index (χ4v) is 5.37. The van der Waals surface area contributed by atoms with Crippen LogP contribution in [0.5, 0.6) is 0 Å². The maximum absolute atomic E-state index is 13.1. The first kappa shape index (κ1) is 19.3. The molecule has 0 saturated carbocycles. The number of nitrogens with zero attached hydrogens (tertiary/aromatic N) is 5. The number of fused-ring (bicyclic) bond motifs is 1. The zero-order chi connectivity index (χ0) is 19.6. The smallest absolute Gasteiger partial charge is 0.252 e. The lowest BCUT2D eigenvalue weighted by atomic mass is 10.1. The highest BCUT2D eigenvalue weighted by Gasteiger charge is 2.32. The topological polar surface area (TPSA) is 121 Å². The Hall–Kier alpha value is -1.99. The zero-order valence-electron chi connectivity index (χ0n) is 15.1. The van der Waals surface area contributed by atoms with Gasteiger partial charge in [-0.05, 0) is 25.0 Å². The third-order valence-corrected chi connectivity index (χ3v) is 6.87. The number of methoxy groups -OCH3 is 1. The second-order valence-corrected chi connectivity index (χ2v) is 8.80. The fourth-order valence-electron chi connectivity index (χ4n) is 3.11. The van der Waals surface area contributed by atoms with Gasteiger partial charge in [-0.15, -0.1) is 0 Å². The summed E-state index contributed by atoms with van der Waals surface area (Å²) in [6.45, 7) is 1.09. The van der Waals surface area contributed by atoms with E-state index in [0.717, 1.165) is 18.1 Å². The zero-order valence-corrected chi connectivity index (χ0v) is 16.8. The quantitative estimate of drug-likeness (QED) is 0.555. The van der Waals surface area contributed by atoms with Gasteiger partial charge in [0.25, 0.3) is 5.89 Å². The third-order valence-electron chi connectivity index (χ3n) is 4.43. The van der Waals surface area contributed by atoms with Crippen molar-refractivity contribution in [3.63, 3.8) is 0 Å². The average molecular weight is 425 g/mol. The average Bonchev–Trinajstić information content (AvgIpc) is 3.36. The van der Waals surface area contributed by atoms with E-state index in [9.17, 15) is 8.42 Å². The molecule has 0 radical (unpaired) electrons. The van der Waals surface area contributed by atoms with Crippen LogP contribution >= 0.6 is 11.7 Å². The SMILES string of the molecule is COCc1nc(COC2CCCN(S(=O)(=O)c3cccc4nsnc34)C2)no1. The molecule has 1 unspecified atom stereocenters. The summed E-state index contributed by atoms with van der Waals surface area (Å²) in [5.41, 5.74) is 0.993. The molecule has 1 aliphatic heterocycles. The Morgan fingerprint density at radius 3 is 3.07 bits per heavy atom. The largest absolute Gasteiger partial charge is 0.375 e. The maximum atomic E-state index is 13.1. The first-order valence-corrected chi connectivity index (χ1v) is 10.9. The standard InChI is InChI=1S/C16H19N5O5S2/c1-24-10-15-17-14(18-26-15)9-25-11-4-3-7-21(8-11)28(22,23)13-6-2-5-12-16(13)20-27-19-12/h2,5-6,11H,3-4,7-10H2,1H3. The Morgan fingerprint density at radius 1 is 1.32 bits per heavy atom. The van der Waals surface area contributed by atoms with Crippen molar-refractivity contribution in [1.29, 1.82) is 0 Å². The monoisotopic (exact) mass is 425 g/mol. The van der Waals surface area contributed by atoms with E-state index in [-0.39, 0.29) is 30.8 Å². The van der Waals surface area contributed by atoms with Crippen LogP contribution in [0.2, 0.25) is 0 Å². The Labute approximate surface area is 165 Å². The molecule has 150 valence electrons. The van der Waals surface area contributed by atoms with Crippen LogP contribution in [0.1, 0.15) is 24.6 Å². The molecule has 1 saturated heterocycles. The lowest BCUT2D eigenvalue weighted by Crippen LogP contribution is -2.43. The second-order valence-electron chi connectivity index (χ2n) is 6.36. The molecule has 0 spiro atoms. The molecule has 3 heterocycles. The third kappa shape index (κ3) is 3.91. The molecule has 0 bridgehead atoms. The highest BCUT2D eigenvalue weighted by molar-refractivity contribution is 7.89. The van der Waals surface area contributed by atoms with E-state index in [1.54, 1.807) is 25.3 Å². The van der Waals surface area contributed by atoms with Crippen molar-refractivity contribution in [1.82, 2.24) is 23.2 Å². The minimum absolute atomic E-state index is 0.150. The highest BCUT2D eigenvalue weighted by atomic mass is 32.2. The van der Waals surface area contributed by atoms with Crippen LogP contribution in [0.25, 0.3) is 11.0 Å². The Morgan fingerprint density at radius 2 is 2.21 bits per heavy atom. The van der Waals surface area contributed by atoms with E-state index >= 15 is 0 Å². The Bertz CT molecular complexity index is 1050. The van der Waals surface area contributed by atoms with E-state index in [1.165, 1.54) is 4.31 Å². The minimum Gasteiger partial charge on any atom is -0.375 e. The summed E-state index contributed by atoms with van der Waals surface area (Å²) in [5.74, 6) is 0.782. The van der Waals surface area contributed by atoms with Crippen molar-refractivity contribution in [3.8, 4) is 0 Å². The van der Waals surface area contributed by atoms with Gasteiger partial charge in [0.1, 0.15) is 29.1 Å². The van der Waals surface area contributed by atoms with Gasteiger partial charge in [-0.3, -0.25) is 0 Å². The van der Waals surface area contributed by atoms with Crippen LogP contribution < -0.4 is 0 Å². The molecule has 2 aromatic heterocycles. The molecule has 0 amide bonds. The molecule has 3 aromatic rings. The highest BCUT2D eigenvalue weighted by Crippen LogP contribution is 2.27. The summed E-state index contributed by atoms with van der Waals surface area (Å²) in [7, 11) is -2.15. The first-order valence-electron chi connectivity index (χ1n) is 8.71. The summed E-state index contributed by atoms with van der Waals surface area (Å²) in [6, 6.07) is 5.01. The van der Waals surface area contributed by atoms with Gasteiger partial charge >= 0.3 is 0 Å². The van der Waals surface area contributed by atoms with E-state index < -0.39 is 10.0 Å². The number of piperidine rings is 1. The minimum atomic E-state index is -3.69. The number of aromatic nitrogens is 4. The lowest BCUT2D eigenvalue weighted by Gasteiger charge is -2.31. The van der Waals surface area contributed by atoms with Crippen molar-refractivity contribution >= 4 is 32.8 Å². The van der Waals surface area contributed by atoms with Gasteiger partial charge in [0.2, 0.25) is 10.0 Å². The molecular weight excluding hydrogens is 406 g/mol. The maximum Gasteiger partial charge on any atom is 0.252 e. The molecule has 10 nitrogen and oxygen atoms in total. The molecule has 0 aliphatic carbocycles. The van der Waals surface area contributed by atoms with Gasteiger partial charge < -0.3 is 14.0 Å². The number of benzene rings is 1. The molecule has 28 heavy (non-hydrogen) atoms. The van der Waals surface area contributed by atoms with Crippen LogP contribution in [-0.2, 0) is 32.7 Å². The normalized spacial score (nSPS) is 18.7. The van der Waals surface area contributed by atoms with E-state index in [2.05, 4.69) is 18.9 Å². The molecule has 1 atom stereocenters. The lowest BCUT2D eigenvalue weighted by molar-refractivity contribution is 0.00439. The summed E-state index contributed by atoms with van der Waals surface area (Å²) in [5, 5.41) is 3.83. The number of hydrogen-bond donors (Lipinski definition) is 0. The molecule has 0 N–H and O–H groups in total. The van der Waals surface area contributed by atoms with Gasteiger partial charge in [0, 0.05) is 20.2 Å². The van der Waals surface area contributed by atoms with E-state index in [0.29, 0.717) is 35.7 Å². The molecule has 1 aliphatic rings. The van der Waals surface area contributed by atoms with Crippen LogP contribution in [0.4, 0.5) is 0 Å². The number of hydrogen-bond acceptors (Lipinski definition) is 10.